The first-order valence-corrected chi connectivity index (χ1v) is 5.96. The van der Waals surface area contributed by atoms with E-state index in [2.05, 4.69) is 9.55 Å². The van der Waals surface area contributed by atoms with Gasteiger partial charge in [0.25, 0.3) is 0 Å². The number of hydrogen-bond donors (Lipinski definition) is 0. The number of hydrogen-bond acceptors (Lipinski definition) is 3. The van der Waals surface area contributed by atoms with E-state index in [1.807, 2.05) is 33.0 Å². The Morgan fingerprint density at radius 1 is 1.44 bits per heavy atom. The minimum Gasteiger partial charge on any atom is -0.342 e. The molecule has 0 bridgehead atoms. The van der Waals surface area contributed by atoms with Gasteiger partial charge in [-0.05, 0) is 26.8 Å². The van der Waals surface area contributed by atoms with Crippen LogP contribution in [0.1, 0.15) is 31.6 Å². The van der Waals surface area contributed by atoms with E-state index < -0.39 is 0 Å². The summed E-state index contributed by atoms with van der Waals surface area (Å²) in [6.07, 6.45) is 2.79. The molecule has 0 atom stereocenters. The molecule has 0 aliphatic rings. The van der Waals surface area contributed by atoms with E-state index in [-0.39, 0.29) is 0 Å². The maximum Gasteiger partial charge on any atom is 0.151 e. The van der Waals surface area contributed by atoms with E-state index in [9.17, 15) is 4.79 Å². The molecule has 0 saturated heterocycles. The summed E-state index contributed by atoms with van der Waals surface area (Å²) >= 11 is 1.70. The number of aromatic nitrogens is 2. The van der Waals surface area contributed by atoms with Crippen molar-refractivity contribution in [2.75, 3.05) is 0 Å². The summed E-state index contributed by atoms with van der Waals surface area (Å²) < 4.78 is 2.13. The van der Waals surface area contributed by atoms with Gasteiger partial charge in [0, 0.05) is 28.0 Å². The molecule has 0 aliphatic heterocycles. The van der Waals surface area contributed by atoms with Crippen molar-refractivity contribution in [2.45, 2.75) is 27.3 Å². The lowest BCUT2D eigenvalue weighted by Crippen LogP contribution is -2.03. The van der Waals surface area contributed by atoms with Crippen molar-refractivity contribution in [1.29, 1.82) is 0 Å². The largest absolute Gasteiger partial charge is 0.342 e. The Labute approximate surface area is 98.8 Å². The predicted molar refractivity (Wildman–Crippen MR) is 65.2 cm³/mol. The number of aldehydes is 1. The standard InChI is InChI=1S/C12H14N2OS/c1-8-4-11(7-15)10(3)14(8)6-12-13-5-9(2)16-12/h4-5,7H,6H2,1-3H3. The van der Waals surface area contributed by atoms with Crippen LogP contribution in [0, 0.1) is 20.8 Å². The molecule has 0 fully saturated rings. The van der Waals surface area contributed by atoms with Gasteiger partial charge < -0.3 is 4.57 Å². The smallest absolute Gasteiger partial charge is 0.151 e. The molecule has 0 aromatic carbocycles. The number of thiazole rings is 1. The molecular formula is C12H14N2OS. The first-order valence-electron chi connectivity index (χ1n) is 5.15. The van der Waals surface area contributed by atoms with Crippen molar-refractivity contribution >= 4 is 17.6 Å². The second kappa shape index (κ2) is 4.22. The Hall–Kier alpha value is -1.42. The molecule has 4 heteroatoms. The minimum absolute atomic E-state index is 0.754. The number of aryl methyl sites for hydroxylation is 2. The molecule has 16 heavy (non-hydrogen) atoms. The van der Waals surface area contributed by atoms with Crippen LogP contribution in [0.2, 0.25) is 0 Å². The van der Waals surface area contributed by atoms with E-state index in [0.717, 1.165) is 34.8 Å². The normalized spacial score (nSPS) is 10.7. The zero-order chi connectivity index (χ0) is 11.7. The van der Waals surface area contributed by atoms with Gasteiger partial charge in [0.2, 0.25) is 0 Å². The molecule has 0 spiro atoms. The zero-order valence-corrected chi connectivity index (χ0v) is 10.5. The molecule has 0 radical (unpaired) electrons. The first-order chi connectivity index (χ1) is 7.61. The van der Waals surface area contributed by atoms with E-state index in [0.29, 0.717) is 0 Å². The highest BCUT2D eigenvalue weighted by Gasteiger charge is 2.09. The van der Waals surface area contributed by atoms with Crippen molar-refractivity contribution in [3.8, 4) is 0 Å². The topological polar surface area (TPSA) is 34.9 Å². The highest BCUT2D eigenvalue weighted by atomic mass is 32.1. The summed E-state index contributed by atoms with van der Waals surface area (Å²) in [5.41, 5.74) is 2.89. The lowest BCUT2D eigenvalue weighted by molar-refractivity contribution is 0.112. The van der Waals surface area contributed by atoms with Gasteiger partial charge in [0.05, 0.1) is 6.54 Å². The molecule has 2 heterocycles. The average molecular weight is 234 g/mol. The molecular weight excluding hydrogens is 220 g/mol. The lowest BCUT2D eigenvalue weighted by atomic mass is 10.3. The van der Waals surface area contributed by atoms with Crippen LogP contribution in [-0.4, -0.2) is 15.8 Å². The van der Waals surface area contributed by atoms with Gasteiger partial charge in [-0.1, -0.05) is 0 Å². The third-order valence-corrected chi connectivity index (χ3v) is 3.60. The number of nitrogens with zero attached hydrogens (tertiary/aromatic N) is 2. The maximum atomic E-state index is 10.8. The molecule has 2 rings (SSSR count). The van der Waals surface area contributed by atoms with Crippen LogP contribution in [-0.2, 0) is 6.54 Å². The van der Waals surface area contributed by atoms with Gasteiger partial charge in [-0.25, -0.2) is 4.98 Å². The van der Waals surface area contributed by atoms with Crippen LogP contribution in [0.4, 0.5) is 0 Å². The fourth-order valence-corrected chi connectivity index (χ4v) is 2.58. The summed E-state index contributed by atoms with van der Waals surface area (Å²) in [5, 5.41) is 1.08. The monoisotopic (exact) mass is 234 g/mol. The minimum atomic E-state index is 0.754. The molecule has 84 valence electrons. The Balaban J connectivity index is 2.34. The Bertz CT molecular complexity index is 525. The van der Waals surface area contributed by atoms with Gasteiger partial charge in [-0.15, -0.1) is 11.3 Å². The summed E-state index contributed by atoms with van der Waals surface area (Å²) in [4.78, 5) is 16.4. The molecule has 0 aliphatic carbocycles. The van der Waals surface area contributed by atoms with E-state index >= 15 is 0 Å². The van der Waals surface area contributed by atoms with Crippen molar-refractivity contribution in [2.24, 2.45) is 0 Å². The second-order valence-electron chi connectivity index (χ2n) is 3.90. The number of rotatable bonds is 3. The van der Waals surface area contributed by atoms with Crippen LogP contribution in [0.25, 0.3) is 0 Å². The maximum absolute atomic E-state index is 10.8. The lowest BCUT2D eigenvalue weighted by Gasteiger charge is -2.06. The Morgan fingerprint density at radius 3 is 2.69 bits per heavy atom. The molecule has 2 aromatic heterocycles. The second-order valence-corrected chi connectivity index (χ2v) is 5.21. The fourth-order valence-electron chi connectivity index (χ4n) is 1.80. The van der Waals surface area contributed by atoms with Crippen LogP contribution in [0.15, 0.2) is 12.3 Å². The molecule has 0 N–H and O–H groups in total. The summed E-state index contributed by atoms with van der Waals surface area (Å²) in [6, 6.07) is 1.92. The number of carbonyl (C=O) groups excluding carboxylic acids is 1. The van der Waals surface area contributed by atoms with Crippen molar-refractivity contribution in [1.82, 2.24) is 9.55 Å². The number of carbonyl (C=O) groups is 1. The van der Waals surface area contributed by atoms with Crippen LogP contribution in [0.3, 0.4) is 0 Å². The summed E-state index contributed by atoms with van der Waals surface area (Å²) in [6.45, 7) is 6.79. The first kappa shape index (κ1) is 11.1. The van der Waals surface area contributed by atoms with Gasteiger partial charge >= 0.3 is 0 Å². The Kier molecular flexibility index (Phi) is 2.92. The fraction of sp³-hybridized carbons (Fsp3) is 0.333. The summed E-state index contributed by atoms with van der Waals surface area (Å²) in [5.74, 6) is 0. The van der Waals surface area contributed by atoms with E-state index in [1.54, 1.807) is 11.3 Å². The zero-order valence-electron chi connectivity index (χ0n) is 9.65. The van der Waals surface area contributed by atoms with E-state index in [4.69, 9.17) is 0 Å². The molecule has 3 nitrogen and oxygen atoms in total. The molecule has 0 amide bonds. The summed E-state index contributed by atoms with van der Waals surface area (Å²) in [7, 11) is 0. The average Bonchev–Trinajstić information content (AvgIpc) is 2.77. The van der Waals surface area contributed by atoms with Crippen LogP contribution in [0.5, 0.6) is 0 Å². The predicted octanol–water partition coefficient (Wildman–Crippen LogP) is 2.73. The van der Waals surface area contributed by atoms with Crippen LogP contribution >= 0.6 is 11.3 Å². The third-order valence-electron chi connectivity index (χ3n) is 2.70. The molecule has 0 saturated carbocycles. The van der Waals surface area contributed by atoms with Crippen molar-refractivity contribution in [3.63, 3.8) is 0 Å². The van der Waals surface area contributed by atoms with Gasteiger partial charge in [-0.2, -0.15) is 0 Å². The van der Waals surface area contributed by atoms with Crippen molar-refractivity contribution < 1.29 is 4.79 Å². The van der Waals surface area contributed by atoms with Crippen molar-refractivity contribution in [3.05, 3.63) is 39.1 Å². The SMILES string of the molecule is Cc1cnc(Cn2c(C)cc(C=O)c2C)s1. The molecule has 2 aromatic rings. The quantitative estimate of drug-likeness (QED) is 0.765. The Morgan fingerprint density at radius 2 is 2.19 bits per heavy atom. The third kappa shape index (κ3) is 1.93. The van der Waals surface area contributed by atoms with E-state index in [1.165, 1.54) is 4.88 Å². The highest BCUT2D eigenvalue weighted by Crippen LogP contribution is 2.18. The van der Waals surface area contributed by atoms with Gasteiger partial charge in [0.15, 0.2) is 6.29 Å². The van der Waals surface area contributed by atoms with Gasteiger partial charge in [0.1, 0.15) is 5.01 Å². The highest BCUT2D eigenvalue weighted by molar-refractivity contribution is 7.11. The van der Waals surface area contributed by atoms with Crippen LogP contribution < -0.4 is 0 Å². The van der Waals surface area contributed by atoms with Gasteiger partial charge in [-0.3, -0.25) is 4.79 Å². The molecule has 0 unspecified atom stereocenters.